The molecule has 76 valence electrons. The first kappa shape index (κ1) is 9.46. The van der Waals surface area contributed by atoms with Crippen molar-refractivity contribution in [1.29, 1.82) is 0 Å². The van der Waals surface area contributed by atoms with Crippen LogP contribution >= 0.6 is 0 Å². The molecule has 0 aromatic heterocycles. The van der Waals surface area contributed by atoms with Crippen LogP contribution < -0.4 is 5.73 Å². The van der Waals surface area contributed by atoms with E-state index in [0.717, 1.165) is 11.1 Å². The highest BCUT2D eigenvalue weighted by atomic mass is 19.1. The van der Waals surface area contributed by atoms with E-state index in [1.165, 1.54) is 0 Å². The number of rotatable bonds is 1. The molecule has 1 aromatic rings. The van der Waals surface area contributed by atoms with Crippen molar-refractivity contribution in [2.45, 2.75) is 24.9 Å². The number of nitrogens with two attached hydrogens (primary N) is 1. The summed E-state index contributed by atoms with van der Waals surface area (Å²) >= 11 is 0. The molecule has 0 amide bonds. The lowest BCUT2D eigenvalue weighted by Gasteiger charge is -2.30. The molecule has 0 fully saturated rings. The number of phenols is 1. The van der Waals surface area contributed by atoms with Crippen LogP contribution in [-0.2, 0) is 12.8 Å². The highest BCUT2D eigenvalue weighted by Crippen LogP contribution is 2.34. The molecule has 0 radical (unpaired) electrons. The summed E-state index contributed by atoms with van der Waals surface area (Å²) in [6.45, 7) is 0.0576. The van der Waals surface area contributed by atoms with Crippen LogP contribution in [-0.4, -0.2) is 17.3 Å². The zero-order valence-corrected chi connectivity index (χ0v) is 7.96. The Labute approximate surface area is 82.5 Å². The van der Waals surface area contributed by atoms with Gasteiger partial charge in [0.15, 0.2) is 0 Å². The van der Waals surface area contributed by atoms with Crippen molar-refractivity contribution in [3.63, 3.8) is 0 Å². The Balaban J connectivity index is 2.36. The maximum atomic E-state index is 13.9. The van der Waals surface area contributed by atoms with Gasteiger partial charge in [0.2, 0.25) is 0 Å². The van der Waals surface area contributed by atoms with Gasteiger partial charge in [0.25, 0.3) is 0 Å². The fourth-order valence-corrected chi connectivity index (χ4v) is 2.03. The van der Waals surface area contributed by atoms with Crippen molar-refractivity contribution in [2.24, 2.45) is 5.73 Å². The average Bonchev–Trinajstić information content (AvgIpc) is 2.18. The summed E-state index contributed by atoms with van der Waals surface area (Å²) in [5, 5.41) is 9.55. The first-order valence-electron chi connectivity index (χ1n) is 4.83. The average molecular weight is 195 g/mol. The Hall–Kier alpha value is -1.09. The lowest BCUT2D eigenvalue weighted by molar-refractivity contribution is 0.151. The second kappa shape index (κ2) is 3.24. The van der Waals surface area contributed by atoms with Crippen molar-refractivity contribution >= 4 is 0 Å². The molecule has 1 atom stereocenters. The molecular weight excluding hydrogens is 181 g/mol. The molecule has 1 aliphatic rings. The smallest absolute Gasteiger partial charge is 0.127 e. The SMILES string of the molecule is NCC1(F)CCc2c(O)cccc2C1. The van der Waals surface area contributed by atoms with Crippen LogP contribution in [0.3, 0.4) is 0 Å². The summed E-state index contributed by atoms with van der Waals surface area (Å²) in [5.41, 5.74) is 5.89. The van der Waals surface area contributed by atoms with E-state index < -0.39 is 5.67 Å². The predicted molar refractivity (Wildman–Crippen MR) is 53.0 cm³/mol. The van der Waals surface area contributed by atoms with Gasteiger partial charge >= 0.3 is 0 Å². The Bertz CT molecular complexity index is 353. The van der Waals surface area contributed by atoms with Gasteiger partial charge in [-0.1, -0.05) is 12.1 Å². The van der Waals surface area contributed by atoms with Gasteiger partial charge in [-0.25, -0.2) is 4.39 Å². The van der Waals surface area contributed by atoms with Crippen molar-refractivity contribution in [2.75, 3.05) is 6.54 Å². The van der Waals surface area contributed by atoms with Crippen LogP contribution in [0.5, 0.6) is 5.75 Å². The zero-order valence-electron chi connectivity index (χ0n) is 7.96. The standard InChI is InChI=1S/C11H14FNO/c12-11(7-13)5-4-9-8(6-11)2-1-3-10(9)14/h1-3,14H,4-7,13H2. The van der Waals surface area contributed by atoms with Gasteiger partial charge in [-0.2, -0.15) is 0 Å². The molecule has 3 heteroatoms. The number of benzene rings is 1. The van der Waals surface area contributed by atoms with Crippen molar-refractivity contribution in [3.8, 4) is 5.75 Å². The van der Waals surface area contributed by atoms with Crippen molar-refractivity contribution in [3.05, 3.63) is 29.3 Å². The van der Waals surface area contributed by atoms with Crippen LogP contribution in [0.1, 0.15) is 17.5 Å². The van der Waals surface area contributed by atoms with E-state index in [0.29, 0.717) is 19.3 Å². The highest BCUT2D eigenvalue weighted by molar-refractivity contribution is 5.42. The number of hydrogen-bond donors (Lipinski definition) is 2. The number of fused-ring (bicyclic) bond motifs is 1. The summed E-state index contributed by atoms with van der Waals surface area (Å²) in [4.78, 5) is 0. The van der Waals surface area contributed by atoms with E-state index >= 15 is 0 Å². The van der Waals surface area contributed by atoms with Gasteiger partial charge in [-0.15, -0.1) is 0 Å². The quantitative estimate of drug-likeness (QED) is 0.714. The minimum Gasteiger partial charge on any atom is -0.508 e. The monoisotopic (exact) mass is 195 g/mol. The molecule has 1 aromatic carbocycles. The summed E-state index contributed by atoms with van der Waals surface area (Å²) in [7, 11) is 0. The molecular formula is C11H14FNO. The first-order chi connectivity index (χ1) is 6.64. The molecule has 2 nitrogen and oxygen atoms in total. The van der Waals surface area contributed by atoms with Crippen LogP contribution in [0, 0.1) is 0 Å². The van der Waals surface area contributed by atoms with Gasteiger partial charge in [0.1, 0.15) is 11.4 Å². The van der Waals surface area contributed by atoms with Crippen LogP contribution in [0.25, 0.3) is 0 Å². The number of halogens is 1. The van der Waals surface area contributed by atoms with Crippen LogP contribution in [0.15, 0.2) is 18.2 Å². The molecule has 3 N–H and O–H groups in total. The third-order valence-electron chi connectivity index (χ3n) is 2.94. The number of hydrogen-bond acceptors (Lipinski definition) is 2. The van der Waals surface area contributed by atoms with Gasteiger partial charge in [0.05, 0.1) is 0 Å². The van der Waals surface area contributed by atoms with Crippen molar-refractivity contribution < 1.29 is 9.50 Å². The molecule has 1 aliphatic carbocycles. The Kier molecular flexibility index (Phi) is 2.19. The van der Waals surface area contributed by atoms with E-state index in [2.05, 4.69) is 0 Å². The minimum atomic E-state index is -1.28. The van der Waals surface area contributed by atoms with E-state index in [1.807, 2.05) is 6.07 Å². The zero-order chi connectivity index (χ0) is 10.2. The Morgan fingerprint density at radius 2 is 2.29 bits per heavy atom. The summed E-state index contributed by atoms with van der Waals surface area (Å²) < 4.78 is 13.9. The fourth-order valence-electron chi connectivity index (χ4n) is 2.03. The van der Waals surface area contributed by atoms with Gasteiger partial charge < -0.3 is 10.8 Å². The lowest BCUT2D eigenvalue weighted by Crippen LogP contribution is -2.38. The second-order valence-corrected chi connectivity index (χ2v) is 3.95. The topological polar surface area (TPSA) is 46.2 Å². The third-order valence-corrected chi connectivity index (χ3v) is 2.94. The molecule has 0 saturated carbocycles. The predicted octanol–water partition coefficient (Wildman–Crippen LogP) is 1.55. The second-order valence-electron chi connectivity index (χ2n) is 3.95. The van der Waals surface area contributed by atoms with E-state index in [1.54, 1.807) is 12.1 Å². The van der Waals surface area contributed by atoms with Crippen LogP contribution in [0.4, 0.5) is 4.39 Å². The normalized spacial score (nSPS) is 25.9. The maximum absolute atomic E-state index is 13.9. The van der Waals surface area contributed by atoms with E-state index in [9.17, 15) is 9.50 Å². The Morgan fingerprint density at radius 1 is 1.50 bits per heavy atom. The Morgan fingerprint density at radius 3 is 3.00 bits per heavy atom. The molecule has 0 saturated heterocycles. The summed E-state index contributed by atoms with van der Waals surface area (Å²) in [6.07, 6.45) is 1.32. The minimum absolute atomic E-state index is 0.0576. The van der Waals surface area contributed by atoms with Gasteiger partial charge in [-0.05, 0) is 30.0 Å². The summed E-state index contributed by atoms with van der Waals surface area (Å²) in [6, 6.07) is 5.25. The van der Waals surface area contributed by atoms with Crippen LogP contribution in [0.2, 0.25) is 0 Å². The molecule has 2 rings (SSSR count). The number of phenolic OH excluding ortho intramolecular Hbond substituents is 1. The fraction of sp³-hybridized carbons (Fsp3) is 0.455. The lowest BCUT2D eigenvalue weighted by atomic mass is 9.81. The number of aromatic hydroxyl groups is 1. The molecule has 0 aliphatic heterocycles. The molecule has 1 unspecified atom stereocenters. The summed E-state index contributed by atoms with van der Waals surface area (Å²) in [5.74, 6) is 0.279. The van der Waals surface area contributed by atoms with Gasteiger partial charge in [0, 0.05) is 13.0 Å². The van der Waals surface area contributed by atoms with E-state index in [-0.39, 0.29) is 12.3 Å². The van der Waals surface area contributed by atoms with E-state index in [4.69, 9.17) is 5.73 Å². The highest BCUT2D eigenvalue weighted by Gasteiger charge is 2.33. The molecule has 14 heavy (non-hydrogen) atoms. The van der Waals surface area contributed by atoms with Crippen molar-refractivity contribution in [1.82, 2.24) is 0 Å². The largest absolute Gasteiger partial charge is 0.508 e. The molecule has 0 heterocycles. The molecule has 0 spiro atoms. The first-order valence-corrected chi connectivity index (χ1v) is 4.83. The molecule has 0 bridgehead atoms. The van der Waals surface area contributed by atoms with Gasteiger partial charge in [-0.3, -0.25) is 0 Å². The third kappa shape index (κ3) is 1.48. The maximum Gasteiger partial charge on any atom is 0.127 e. The number of alkyl halides is 1.